The number of hydrogen-bond acceptors (Lipinski definition) is 0. The summed E-state index contributed by atoms with van der Waals surface area (Å²) in [6, 6.07) is 0. The van der Waals surface area contributed by atoms with Gasteiger partial charge in [0.15, 0.2) is 0 Å². The van der Waals surface area contributed by atoms with Gasteiger partial charge >= 0.3 is 0 Å². The first-order valence-electron chi connectivity index (χ1n) is 8.14. The summed E-state index contributed by atoms with van der Waals surface area (Å²) in [6.07, 6.45) is 17.1. The summed E-state index contributed by atoms with van der Waals surface area (Å²) in [4.78, 5) is 0. The summed E-state index contributed by atoms with van der Waals surface area (Å²) in [5.74, 6) is 0. The lowest BCUT2D eigenvalue weighted by Crippen LogP contribution is -2.03. The van der Waals surface area contributed by atoms with Crippen LogP contribution in [0.15, 0.2) is 0 Å². The molecule has 0 N–H and O–H groups in total. The second kappa shape index (κ2) is 14.3. The fourth-order valence-corrected chi connectivity index (χ4v) is 6.54. The van der Waals surface area contributed by atoms with E-state index >= 15 is 0 Å². The fraction of sp³-hybridized carbons (Fsp3) is 1.00. The molecule has 0 aliphatic heterocycles. The van der Waals surface area contributed by atoms with E-state index in [9.17, 15) is 0 Å². The van der Waals surface area contributed by atoms with E-state index in [1.807, 2.05) is 0 Å². The van der Waals surface area contributed by atoms with E-state index in [-0.39, 0.29) is 7.92 Å². The number of alkyl halides is 1. The van der Waals surface area contributed by atoms with Crippen molar-refractivity contribution >= 4 is 23.9 Å². The molecule has 0 aliphatic rings. The first-order valence-corrected chi connectivity index (χ1v) is 10.8. The van der Waals surface area contributed by atoms with Crippen LogP contribution in [-0.2, 0) is 0 Å². The van der Waals surface area contributed by atoms with Crippen LogP contribution in [0.2, 0.25) is 0 Å². The number of unbranched alkanes of at least 4 members (excludes halogenated alkanes) is 6. The topological polar surface area (TPSA) is 0 Å². The molecule has 1 unspecified atom stereocenters. The van der Waals surface area contributed by atoms with E-state index in [1.165, 1.54) is 76.5 Å². The Kier molecular flexibility index (Phi) is 15.0. The van der Waals surface area contributed by atoms with E-state index in [2.05, 4.69) is 36.7 Å². The SMILES string of the molecule is CCCCCCCC(Br)P(CCCC)CCCC. The van der Waals surface area contributed by atoms with Crippen LogP contribution in [0.25, 0.3) is 0 Å². The maximum absolute atomic E-state index is 4.00. The summed E-state index contributed by atoms with van der Waals surface area (Å²) in [5, 5.41) is 0. The third-order valence-electron chi connectivity index (χ3n) is 3.54. The van der Waals surface area contributed by atoms with Crippen LogP contribution in [0, 0.1) is 0 Å². The van der Waals surface area contributed by atoms with Crippen LogP contribution < -0.4 is 0 Å². The van der Waals surface area contributed by atoms with Crippen LogP contribution in [-0.4, -0.2) is 16.9 Å². The molecule has 0 radical (unpaired) electrons. The van der Waals surface area contributed by atoms with E-state index in [0.717, 1.165) is 4.57 Å². The molecule has 0 saturated carbocycles. The van der Waals surface area contributed by atoms with Gasteiger partial charge in [-0.1, -0.05) is 89.6 Å². The highest BCUT2D eigenvalue weighted by molar-refractivity contribution is 9.10. The maximum Gasteiger partial charge on any atom is 0.0345 e. The summed E-state index contributed by atoms with van der Waals surface area (Å²) >= 11 is 4.00. The highest BCUT2D eigenvalue weighted by Gasteiger charge is 2.16. The van der Waals surface area contributed by atoms with Gasteiger partial charge in [-0.15, -0.1) is 0 Å². The van der Waals surface area contributed by atoms with Crippen molar-refractivity contribution in [1.29, 1.82) is 0 Å². The van der Waals surface area contributed by atoms with E-state index < -0.39 is 0 Å². The van der Waals surface area contributed by atoms with Gasteiger partial charge in [-0.05, 0) is 31.6 Å². The molecule has 0 nitrogen and oxygen atoms in total. The van der Waals surface area contributed by atoms with E-state index in [0.29, 0.717) is 0 Å². The molecular formula is C16H34BrP. The second-order valence-electron chi connectivity index (χ2n) is 5.38. The molecule has 0 saturated heterocycles. The minimum absolute atomic E-state index is 0.259. The summed E-state index contributed by atoms with van der Waals surface area (Å²) in [5.41, 5.74) is 0. The van der Waals surface area contributed by atoms with Gasteiger partial charge < -0.3 is 0 Å². The molecular weight excluding hydrogens is 303 g/mol. The Morgan fingerprint density at radius 2 is 1.22 bits per heavy atom. The molecule has 0 aromatic carbocycles. The molecule has 0 heterocycles. The molecule has 2 heteroatoms. The minimum atomic E-state index is 0.259. The van der Waals surface area contributed by atoms with Gasteiger partial charge in [0.25, 0.3) is 0 Å². The Hall–Kier alpha value is 0.910. The molecule has 110 valence electrons. The van der Waals surface area contributed by atoms with E-state index in [4.69, 9.17) is 0 Å². The predicted octanol–water partition coefficient (Wildman–Crippen LogP) is 7.15. The molecule has 0 bridgehead atoms. The summed E-state index contributed by atoms with van der Waals surface area (Å²) in [6.45, 7) is 6.94. The smallest absolute Gasteiger partial charge is 0.0345 e. The van der Waals surface area contributed by atoms with Gasteiger partial charge in [-0.2, -0.15) is 0 Å². The van der Waals surface area contributed by atoms with Crippen molar-refractivity contribution < 1.29 is 0 Å². The molecule has 0 fully saturated rings. The van der Waals surface area contributed by atoms with Crippen molar-refractivity contribution in [3.8, 4) is 0 Å². The average Bonchev–Trinajstić information content (AvgIpc) is 2.38. The third kappa shape index (κ3) is 10.8. The Bertz CT molecular complexity index is 153. The molecule has 0 aromatic heterocycles. The zero-order valence-electron chi connectivity index (χ0n) is 12.9. The standard InChI is InChI=1S/C16H34BrP/c1-4-7-10-11-12-13-16(17)18(14-8-5-2)15-9-6-3/h16H,4-15H2,1-3H3. The normalized spacial score (nSPS) is 13.2. The molecule has 0 aliphatic carbocycles. The van der Waals surface area contributed by atoms with Crippen molar-refractivity contribution in [2.75, 3.05) is 12.3 Å². The lowest BCUT2D eigenvalue weighted by Gasteiger charge is -2.23. The highest BCUT2D eigenvalue weighted by atomic mass is 79.9. The zero-order chi connectivity index (χ0) is 13.6. The van der Waals surface area contributed by atoms with Crippen molar-refractivity contribution in [3.63, 3.8) is 0 Å². The fourth-order valence-electron chi connectivity index (χ4n) is 2.21. The molecule has 1 atom stereocenters. The third-order valence-corrected chi connectivity index (χ3v) is 8.57. The van der Waals surface area contributed by atoms with Crippen molar-refractivity contribution in [2.24, 2.45) is 0 Å². The van der Waals surface area contributed by atoms with Gasteiger partial charge in [-0.25, -0.2) is 0 Å². The second-order valence-corrected chi connectivity index (χ2v) is 9.89. The van der Waals surface area contributed by atoms with Crippen LogP contribution in [0.3, 0.4) is 0 Å². The highest BCUT2D eigenvalue weighted by Crippen LogP contribution is 2.48. The lowest BCUT2D eigenvalue weighted by atomic mass is 10.1. The van der Waals surface area contributed by atoms with Gasteiger partial charge in [-0.3, -0.25) is 0 Å². The van der Waals surface area contributed by atoms with Crippen molar-refractivity contribution in [2.45, 2.75) is 89.5 Å². The van der Waals surface area contributed by atoms with Crippen LogP contribution in [0.5, 0.6) is 0 Å². The monoisotopic (exact) mass is 336 g/mol. The number of halogens is 1. The molecule has 0 aromatic rings. The van der Waals surface area contributed by atoms with Crippen LogP contribution in [0.4, 0.5) is 0 Å². The minimum Gasteiger partial charge on any atom is -0.0925 e. The average molecular weight is 337 g/mol. The zero-order valence-corrected chi connectivity index (χ0v) is 15.4. The molecule has 0 amide bonds. The number of rotatable bonds is 13. The molecule has 18 heavy (non-hydrogen) atoms. The molecule has 0 rings (SSSR count). The van der Waals surface area contributed by atoms with Crippen molar-refractivity contribution in [1.82, 2.24) is 0 Å². The Morgan fingerprint density at radius 1 is 0.722 bits per heavy atom. The maximum atomic E-state index is 4.00. The number of hydrogen-bond donors (Lipinski definition) is 0. The first kappa shape index (κ1) is 18.9. The Labute approximate surface area is 126 Å². The van der Waals surface area contributed by atoms with E-state index in [1.54, 1.807) is 0 Å². The first-order chi connectivity index (χ1) is 8.76. The molecule has 0 spiro atoms. The predicted molar refractivity (Wildman–Crippen MR) is 92.6 cm³/mol. The largest absolute Gasteiger partial charge is 0.0925 e. The van der Waals surface area contributed by atoms with Crippen molar-refractivity contribution in [3.05, 3.63) is 0 Å². The Morgan fingerprint density at radius 3 is 1.72 bits per heavy atom. The lowest BCUT2D eigenvalue weighted by molar-refractivity contribution is 0.622. The van der Waals surface area contributed by atoms with Gasteiger partial charge in [0, 0.05) is 4.57 Å². The summed E-state index contributed by atoms with van der Waals surface area (Å²) in [7, 11) is 0.259. The van der Waals surface area contributed by atoms with Gasteiger partial charge in [0.2, 0.25) is 0 Å². The summed E-state index contributed by atoms with van der Waals surface area (Å²) < 4.78 is 0.840. The van der Waals surface area contributed by atoms with Gasteiger partial charge in [0.05, 0.1) is 0 Å². The van der Waals surface area contributed by atoms with Crippen LogP contribution in [0.1, 0.15) is 85.0 Å². The van der Waals surface area contributed by atoms with Crippen LogP contribution >= 0.6 is 23.9 Å². The van der Waals surface area contributed by atoms with Gasteiger partial charge in [0.1, 0.15) is 0 Å². The Balaban J connectivity index is 3.76. The quantitative estimate of drug-likeness (QED) is 0.190.